The molecule has 2 aliphatic rings. The summed E-state index contributed by atoms with van der Waals surface area (Å²) in [4.78, 5) is 97.4. The molecule has 43 heteroatoms. The first-order chi connectivity index (χ1) is 41.1. The van der Waals surface area contributed by atoms with Gasteiger partial charge in [-0.1, -0.05) is 10.3 Å². The Bertz CT molecular complexity index is 2020. The largest absolute Gasteiger partial charge is 3.00 e. The minimum Gasteiger partial charge on any atom is -0.549 e. The van der Waals surface area contributed by atoms with Crippen molar-refractivity contribution in [2.24, 2.45) is 10.3 Å². The summed E-state index contributed by atoms with van der Waals surface area (Å²) in [6, 6.07) is 0. The van der Waals surface area contributed by atoms with E-state index >= 15 is 0 Å². The van der Waals surface area contributed by atoms with E-state index in [0.29, 0.717) is 12.4 Å². The Labute approximate surface area is 537 Å². The summed E-state index contributed by atoms with van der Waals surface area (Å²) >= 11 is 0. The van der Waals surface area contributed by atoms with Crippen LogP contribution in [0.4, 0.5) is 0 Å². The number of aliphatic hydroxyl groups is 16. The molecule has 0 aromatic carbocycles. The van der Waals surface area contributed by atoms with Crippen molar-refractivity contribution in [2.45, 2.75) is 110 Å². The van der Waals surface area contributed by atoms with Crippen LogP contribution in [0.3, 0.4) is 0 Å². The van der Waals surface area contributed by atoms with Gasteiger partial charge in [0, 0.05) is 72.0 Å². The molecule has 4 unspecified atom stereocenters. The molecule has 0 aromatic heterocycles. The minimum atomic E-state index is -2.14. The number of nitrogens with zero attached hydrogens (tertiary/aromatic N) is 5. The van der Waals surface area contributed by atoms with Crippen molar-refractivity contribution in [3.8, 4) is 0 Å². The van der Waals surface area contributed by atoms with Crippen LogP contribution in [0.1, 0.15) is 0 Å². The molecule has 22 N–H and O–H groups in total. The molecule has 2 rings (SSSR count). The smallest absolute Gasteiger partial charge is 0.549 e. The Morgan fingerprint density at radius 1 is 0.472 bits per heavy atom. The van der Waals surface area contributed by atoms with Gasteiger partial charge >= 0.3 is 39.9 Å². The normalized spacial score (nSPS) is 24.7. The van der Waals surface area contributed by atoms with Crippen LogP contribution in [0.25, 0.3) is 0 Å². The van der Waals surface area contributed by atoms with Gasteiger partial charge in [-0.3, -0.25) is 33.9 Å². The van der Waals surface area contributed by atoms with Crippen molar-refractivity contribution in [2.75, 3.05) is 125 Å². The van der Waals surface area contributed by atoms with Crippen molar-refractivity contribution in [3.63, 3.8) is 0 Å². The van der Waals surface area contributed by atoms with Gasteiger partial charge in [0.15, 0.2) is 25.8 Å². The van der Waals surface area contributed by atoms with E-state index in [1.54, 1.807) is 0 Å². The number of oxime groups is 2. The number of carbonyl (C=O) groups is 7. The monoisotopic (exact) mass is 1440 g/mol. The molecule has 2 heterocycles. The molecule has 4 amide bonds. The second-order valence-electron chi connectivity index (χ2n) is 19.3. The molecule has 0 aliphatic carbocycles. The molecule has 515 valence electrons. The number of rotatable bonds is 44. The Morgan fingerprint density at radius 3 is 1.08 bits per heavy atom. The van der Waals surface area contributed by atoms with E-state index in [9.17, 15) is 131 Å². The third-order valence-corrected chi connectivity index (χ3v) is 12.5. The zero-order valence-corrected chi connectivity index (χ0v) is 49.5. The quantitative estimate of drug-likeness (QED) is 0.0153. The molecule has 0 aromatic rings. The molecule has 2 aliphatic heterocycles. The van der Waals surface area contributed by atoms with Crippen LogP contribution < -0.4 is 36.6 Å². The van der Waals surface area contributed by atoms with Crippen LogP contribution in [-0.2, 0) is 62.2 Å². The summed E-state index contributed by atoms with van der Waals surface area (Å²) in [6.07, 6.45) is -33.0. The van der Waals surface area contributed by atoms with E-state index < -0.39 is 224 Å². The van der Waals surface area contributed by atoms with Gasteiger partial charge in [-0.05, 0) is 0 Å². The van der Waals surface area contributed by atoms with Gasteiger partial charge in [-0.15, -0.1) is 0 Å². The van der Waals surface area contributed by atoms with Crippen LogP contribution in [-0.4, -0.2) is 391 Å². The first kappa shape index (κ1) is 84.6. The molecule has 89 heavy (non-hydrogen) atoms. The second kappa shape index (κ2) is 45.0. The number of carboxylic acids is 3. The van der Waals surface area contributed by atoms with Crippen molar-refractivity contribution < 1.29 is 205 Å². The second-order valence-corrected chi connectivity index (χ2v) is 19.3. The van der Waals surface area contributed by atoms with Gasteiger partial charge in [-0.2, -0.15) is 0 Å². The van der Waals surface area contributed by atoms with E-state index in [4.69, 9.17) is 28.6 Å². The topological polar surface area (TPSA) is 682 Å². The summed E-state index contributed by atoms with van der Waals surface area (Å²) in [6.45, 7) is -11.0. The molecule has 0 saturated carbocycles. The Morgan fingerprint density at radius 2 is 0.775 bits per heavy atom. The maximum atomic E-state index is 12.7. The van der Waals surface area contributed by atoms with Gasteiger partial charge in [0.1, 0.15) is 97.7 Å². The minimum absolute atomic E-state index is 0. The number of hydrogen-bond acceptors (Lipinski definition) is 37. The predicted molar refractivity (Wildman–Crippen MR) is 276 cm³/mol. The summed E-state index contributed by atoms with van der Waals surface area (Å²) in [5, 5.41) is 211. The van der Waals surface area contributed by atoms with Gasteiger partial charge in [0.2, 0.25) is 11.8 Å². The number of aliphatic carboxylic acids is 3. The zero-order valence-electron chi connectivity index (χ0n) is 47.3. The summed E-state index contributed by atoms with van der Waals surface area (Å²) < 4.78 is 20.8. The van der Waals surface area contributed by atoms with Crippen LogP contribution in [0.5, 0.6) is 0 Å². The number of carbonyl (C=O) groups excluding carboxylic acids is 7. The van der Waals surface area contributed by atoms with E-state index in [-0.39, 0.29) is 97.8 Å². The van der Waals surface area contributed by atoms with Crippen molar-refractivity contribution >= 4 is 54.0 Å². The SMILES string of the molecule is O.O=C([O-])CN(CCN(CC(=O)[O-])CC(=O)NCCNC(=O)CO/N=C/C(O)[C@H](O)[C@H](O[C@H]1O[C@@H](CO)[C@@H](O)[C@H](O)[C@H]1O)C(O)CO)CCN(CC(=O)[O-])CC(=O)NCCNC(=O)CO/N=C/C(O)[C@H](O)[C@@H](O[C@H]1O[C@H](CO)[C@@H](O)[C@@H](O)[C@H]1O)C(O)CO.[Gd+3]. The number of ether oxygens (including phenoxy) is 4. The summed E-state index contributed by atoms with van der Waals surface area (Å²) in [7, 11) is 0. The summed E-state index contributed by atoms with van der Waals surface area (Å²) in [5.41, 5.74) is 0. The number of aliphatic hydroxyl groups excluding tert-OH is 16. The van der Waals surface area contributed by atoms with Crippen LogP contribution in [0, 0.1) is 39.9 Å². The third kappa shape index (κ3) is 31.2. The number of carboxylic acid groups (broad SMARTS) is 3. The maximum Gasteiger partial charge on any atom is 3.00 e. The van der Waals surface area contributed by atoms with Crippen molar-refractivity contribution in [1.82, 2.24) is 36.0 Å². The Balaban J connectivity index is 0.0000387. The molecule has 42 nitrogen and oxygen atoms in total. The fourth-order valence-corrected chi connectivity index (χ4v) is 7.88. The number of amides is 4. The van der Waals surface area contributed by atoms with Crippen LogP contribution in [0.15, 0.2) is 10.3 Å². The molecule has 0 bridgehead atoms. The van der Waals surface area contributed by atoms with E-state index in [0.717, 1.165) is 9.80 Å². The molecule has 1 radical (unpaired) electrons. The molecule has 2 fully saturated rings. The fourth-order valence-electron chi connectivity index (χ4n) is 7.88. The van der Waals surface area contributed by atoms with Crippen molar-refractivity contribution in [3.05, 3.63) is 0 Å². The van der Waals surface area contributed by atoms with Gasteiger partial charge in [0.25, 0.3) is 11.8 Å². The molecule has 2 saturated heterocycles. The first-order valence-electron chi connectivity index (χ1n) is 26.5. The fraction of sp³-hybridized carbons (Fsp3) is 0.804. The van der Waals surface area contributed by atoms with Crippen LogP contribution in [0.2, 0.25) is 0 Å². The van der Waals surface area contributed by atoms with Gasteiger partial charge in [-0.25, -0.2) is 0 Å². The maximum absolute atomic E-state index is 12.7. The average molecular weight is 1440 g/mol. The molecule has 0 spiro atoms. The molecular weight excluding hydrogens is 1360 g/mol. The predicted octanol–water partition coefficient (Wildman–Crippen LogP) is -20.7. The van der Waals surface area contributed by atoms with Crippen molar-refractivity contribution in [1.29, 1.82) is 0 Å². The number of nitrogens with one attached hydrogen (secondary N) is 4. The average Bonchev–Trinajstić information content (AvgIpc) is 2.32. The molecule has 18 atom stereocenters. The van der Waals surface area contributed by atoms with Gasteiger partial charge < -0.3 is 167 Å². The van der Waals surface area contributed by atoms with E-state index in [1.165, 1.54) is 4.90 Å². The zero-order chi connectivity index (χ0) is 65.5. The standard InChI is InChI=1S/C46H81N9O32.Gd.H2O/c56-16-24(62)43(86-45-41(80)39(78)37(76)26(18-58)84-45)35(74)22(60)9-51-82-20-30(66)49-3-1-47-28(64)11-54(14-33(70)71)7-5-53(13-32(68)69)6-8-55(15-34(72)73)12-29(65)48-2-4-50-31(67)21-83-52-10-23(61)36(75)44(25(63)17-57)87-46-42(81)40(79)38(77)27(19-59)85-46;;/h9-10,22-27,35-46,56-63,74-81H,1-8,11-21H2,(H,47,64)(H,48,65)(H,49,66)(H,50,67)(H,68,69)(H,70,71)(H,72,73);;1H2/q;+3;/p-3/b51-9+,52-10+;;/t22?,23?,24?,25?,26-,27+,35-,36-,37+,38+,39-,40+,41+,42+,43+,44-,45+,46+;;/m0../s1. The molecular formula is C46H80GdN9O33. The number of hydrogen-bond donors (Lipinski definition) is 20. The van der Waals surface area contributed by atoms with Crippen LogP contribution >= 0.6 is 0 Å². The Hall–Kier alpha value is -4.41. The van der Waals surface area contributed by atoms with E-state index in [2.05, 4.69) is 31.6 Å². The first-order valence-corrected chi connectivity index (χ1v) is 26.5. The summed E-state index contributed by atoms with van der Waals surface area (Å²) in [5.74, 6) is -8.08. The van der Waals surface area contributed by atoms with E-state index in [1.807, 2.05) is 0 Å². The third-order valence-electron chi connectivity index (χ3n) is 12.5. The Kier molecular flexibility index (Phi) is 42.8. The van der Waals surface area contributed by atoms with Gasteiger partial charge in [0.05, 0.1) is 69.9 Å².